The lowest BCUT2D eigenvalue weighted by molar-refractivity contribution is 0.475. The maximum absolute atomic E-state index is 9.42. The van der Waals surface area contributed by atoms with Crippen molar-refractivity contribution in [2.45, 2.75) is 13.8 Å². The summed E-state index contributed by atoms with van der Waals surface area (Å²) >= 11 is 0. The van der Waals surface area contributed by atoms with Crippen LogP contribution in [0, 0.1) is 13.8 Å². The number of H-pyrrole nitrogens is 1. The number of aromatic amines is 1. The van der Waals surface area contributed by atoms with E-state index in [1.807, 2.05) is 32.0 Å². The average Bonchev–Trinajstić information content (AvgIpc) is 2.71. The van der Waals surface area contributed by atoms with Crippen LogP contribution >= 0.6 is 0 Å². The lowest BCUT2D eigenvalue weighted by atomic mass is 10.0. The zero-order chi connectivity index (χ0) is 12.7. The van der Waals surface area contributed by atoms with Gasteiger partial charge in [0.25, 0.3) is 0 Å². The molecule has 1 aromatic carbocycles. The molecule has 2 N–H and O–H groups in total. The molecule has 90 valence electrons. The van der Waals surface area contributed by atoms with Crippen molar-refractivity contribution >= 4 is 11.0 Å². The highest BCUT2D eigenvalue weighted by Gasteiger charge is 2.08. The van der Waals surface area contributed by atoms with Gasteiger partial charge in [-0.1, -0.05) is 0 Å². The summed E-state index contributed by atoms with van der Waals surface area (Å²) in [6.45, 7) is 3.93. The van der Waals surface area contributed by atoms with E-state index in [-0.39, 0.29) is 5.75 Å². The summed E-state index contributed by atoms with van der Waals surface area (Å²) in [6, 6.07) is 9.27. The third-order valence-electron chi connectivity index (χ3n) is 3.09. The van der Waals surface area contributed by atoms with Crippen molar-refractivity contribution in [3.05, 3.63) is 41.6 Å². The Kier molecular flexibility index (Phi) is 2.30. The number of rotatable bonds is 1. The number of phenolic OH excluding ortho intramolecular Hbond substituents is 1. The highest BCUT2D eigenvalue weighted by Crippen LogP contribution is 2.26. The molecule has 0 spiro atoms. The Morgan fingerprint density at radius 1 is 1.11 bits per heavy atom. The topological polar surface area (TPSA) is 61.8 Å². The summed E-state index contributed by atoms with van der Waals surface area (Å²) in [6.07, 6.45) is 0. The van der Waals surface area contributed by atoms with Crippen LogP contribution in [0.25, 0.3) is 22.3 Å². The fourth-order valence-corrected chi connectivity index (χ4v) is 2.11. The molecule has 3 aromatic rings. The third kappa shape index (κ3) is 1.62. The predicted molar refractivity (Wildman–Crippen MR) is 70.5 cm³/mol. The standard InChI is InChI=1S/C14H13N3O/c1-8-7-10(18)3-4-11(8)13-6-5-12-9(2)16-17-14(12)15-13/h3-7,18H,1-2H3,(H,15,16,17). The number of aromatic hydroxyl groups is 1. The molecule has 0 saturated heterocycles. The maximum Gasteiger partial charge on any atom is 0.181 e. The van der Waals surface area contributed by atoms with E-state index < -0.39 is 0 Å². The summed E-state index contributed by atoms with van der Waals surface area (Å²) in [4.78, 5) is 4.53. The maximum atomic E-state index is 9.42. The fourth-order valence-electron chi connectivity index (χ4n) is 2.11. The second-order valence-corrected chi connectivity index (χ2v) is 4.42. The third-order valence-corrected chi connectivity index (χ3v) is 3.09. The number of hydrogen-bond donors (Lipinski definition) is 2. The van der Waals surface area contributed by atoms with Crippen LogP contribution in [0.2, 0.25) is 0 Å². The molecule has 18 heavy (non-hydrogen) atoms. The van der Waals surface area contributed by atoms with E-state index in [0.717, 1.165) is 33.5 Å². The molecule has 3 rings (SSSR count). The van der Waals surface area contributed by atoms with Crippen LogP contribution in [-0.4, -0.2) is 20.3 Å². The Hall–Kier alpha value is -2.36. The van der Waals surface area contributed by atoms with E-state index in [1.54, 1.807) is 12.1 Å². The van der Waals surface area contributed by atoms with Gasteiger partial charge in [0.1, 0.15) is 5.75 Å². The first-order chi connectivity index (χ1) is 8.65. The van der Waals surface area contributed by atoms with Crippen molar-refractivity contribution in [3.63, 3.8) is 0 Å². The minimum atomic E-state index is 0.271. The molecule has 0 radical (unpaired) electrons. The van der Waals surface area contributed by atoms with Gasteiger partial charge in [0, 0.05) is 16.6 Å². The van der Waals surface area contributed by atoms with E-state index in [2.05, 4.69) is 15.2 Å². The summed E-state index contributed by atoms with van der Waals surface area (Å²) < 4.78 is 0. The quantitative estimate of drug-likeness (QED) is 0.686. The smallest absolute Gasteiger partial charge is 0.181 e. The summed E-state index contributed by atoms with van der Waals surface area (Å²) in [5, 5.41) is 17.6. The minimum Gasteiger partial charge on any atom is -0.508 e. The zero-order valence-corrected chi connectivity index (χ0v) is 10.2. The molecule has 2 heterocycles. The van der Waals surface area contributed by atoms with E-state index in [1.165, 1.54) is 0 Å². The summed E-state index contributed by atoms with van der Waals surface area (Å²) in [5.41, 5.74) is 4.61. The molecule has 0 unspecified atom stereocenters. The van der Waals surface area contributed by atoms with Crippen molar-refractivity contribution in [1.29, 1.82) is 0 Å². The minimum absolute atomic E-state index is 0.271. The molecule has 0 atom stereocenters. The van der Waals surface area contributed by atoms with Gasteiger partial charge in [-0.15, -0.1) is 0 Å². The first kappa shape index (κ1) is 10.8. The molecule has 4 nitrogen and oxygen atoms in total. The number of aryl methyl sites for hydroxylation is 2. The molecule has 0 aliphatic rings. The highest BCUT2D eigenvalue weighted by atomic mass is 16.3. The SMILES string of the molecule is Cc1cc(O)ccc1-c1ccc2c(C)[nH]nc2n1. The molecule has 0 saturated carbocycles. The number of fused-ring (bicyclic) bond motifs is 1. The Morgan fingerprint density at radius 3 is 2.72 bits per heavy atom. The van der Waals surface area contributed by atoms with Crippen LogP contribution < -0.4 is 0 Å². The summed E-state index contributed by atoms with van der Waals surface area (Å²) in [5.74, 6) is 0.271. The lowest BCUT2D eigenvalue weighted by Gasteiger charge is -2.05. The van der Waals surface area contributed by atoms with Gasteiger partial charge in [0.15, 0.2) is 5.65 Å². The zero-order valence-electron chi connectivity index (χ0n) is 10.2. The molecular weight excluding hydrogens is 226 g/mol. The van der Waals surface area contributed by atoms with E-state index >= 15 is 0 Å². The molecule has 2 aromatic heterocycles. The van der Waals surface area contributed by atoms with Crippen LogP contribution in [0.5, 0.6) is 5.75 Å². The number of nitrogens with zero attached hydrogens (tertiary/aromatic N) is 2. The predicted octanol–water partition coefficient (Wildman–Crippen LogP) is 2.95. The Balaban J connectivity index is 2.19. The number of aromatic nitrogens is 3. The van der Waals surface area contributed by atoms with Crippen LogP contribution in [0.1, 0.15) is 11.3 Å². The lowest BCUT2D eigenvalue weighted by Crippen LogP contribution is -1.87. The fraction of sp³-hybridized carbons (Fsp3) is 0.143. The second-order valence-electron chi connectivity index (χ2n) is 4.42. The Labute approximate surface area is 104 Å². The molecule has 4 heteroatoms. The molecule has 0 fully saturated rings. The van der Waals surface area contributed by atoms with Gasteiger partial charge >= 0.3 is 0 Å². The van der Waals surface area contributed by atoms with Crippen molar-refractivity contribution in [2.24, 2.45) is 0 Å². The molecule has 0 aliphatic heterocycles. The number of benzene rings is 1. The highest BCUT2D eigenvalue weighted by molar-refractivity contribution is 5.81. The van der Waals surface area contributed by atoms with Crippen molar-refractivity contribution in [1.82, 2.24) is 15.2 Å². The molecule has 0 bridgehead atoms. The van der Waals surface area contributed by atoms with Gasteiger partial charge in [0.05, 0.1) is 5.69 Å². The Bertz CT molecular complexity index is 731. The number of phenols is 1. The van der Waals surface area contributed by atoms with Gasteiger partial charge < -0.3 is 5.11 Å². The Morgan fingerprint density at radius 2 is 1.94 bits per heavy atom. The second kappa shape index (κ2) is 3.84. The van der Waals surface area contributed by atoms with Crippen LogP contribution in [0.4, 0.5) is 0 Å². The first-order valence-electron chi connectivity index (χ1n) is 5.77. The van der Waals surface area contributed by atoms with Crippen LogP contribution in [-0.2, 0) is 0 Å². The van der Waals surface area contributed by atoms with Crippen molar-refractivity contribution in [3.8, 4) is 17.0 Å². The average molecular weight is 239 g/mol. The normalized spacial score (nSPS) is 11.0. The van der Waals surface area contributed by atoms with Gasteiger partial charge in [-0.3, -0.25) is 5.10 Å². The van der Waals surface area contributed by atoms with Crippen molar-refractivity contribution < 1.29 is 5.11 Å². The molecule has 0 aliphatic carbocycles. The van der Waals surface area contributed by atoms with Gasteiger partial charge in [0.2, 0.25) is 0 Å². The first-order valence-corrected chi connectivity index (χ1v) is 5.77. The van der Waals surface area contributed by atoms with E-state index in [4.69, 9.17) is 0 Å². The van der Waals surface area contributed by atoms with Gasteiger partial charge in [-0.05, 0) is 49.7 Å². The van der Waals surface area contributed by atoms with Crippen molar-refractivity contribution in [2.75, 3.05) is 0 Å². The van der Waals surface area contributed by atoms with E-state index in [0.29, 0.717) is 0 Å². The number of nitrogens with one attached hydrogen (secondary N) is 1. The molecular formula is C14H13N3O. The van der Waals surface area contributed by atoms with Gasteiger partial charge in [-0.25, -0.2) is 4.98 Å². The molecule has 0 amide bonds. The van der Waals surface area contributed by atoms with Gasteiger partial charge in [-0.2, -0.15) is 5.10 Å². The van der Waals surface area contributed by atoms with E-state index in [9.17, 15) is 5.11 Å². The van der Waals surface area contributed by atoms with Crippen LogP contribution in [0.15, 0.2) is 30.3 Å². The summed E-state index contributed by atoms with van der Waals surface area (Å²) in [7, 11) is 0. The number of pyridine rings is 1. The number of hydrogen-bond acceptors (Lipinski definition) is 3. The monoisotopic (exact) mass is 239 g/mol. The largest absolute Gasteiger partial charge is 0.508 e. The van der Waals surface area contributed by atoms with Crippen LogP contribution in [0.3, 0.4) is 0 Å².